The van der Waals surface area contributed by atoms with Gasteiger partial charge in [-0.25, -0.2) is 0 Å². The SMILES string of the molecule is COc1ccc(C(=O)NCc2nnc(SCC(=O)Nc3ccc(OC)cc3OC)n2-c2cccc(C(F)(F)F)c2)cc1. The van der Waals surface area contributed by atoms with Crippen molar-refractivity contribution in [2.24, 2.45) is 0 Å². The van der Waals surface area contributed by atoms with Gasteiger partial charge in [-0.2, -0.15) is 13.2 Å². The second kappa shape index (κ2) is 13.3. The molecular formula is C28H26F3N5O5S. The lowest BCUT2D eigenvalue weighted by Gasteiger charge is -2.14. The van der Waals surface area contributed by atoms with E-state index in [1.54, 1.807) is 42.5 Å². The molecule has 0 aliphatic carbocycles. The third-order valence-corrected chi connectivity index (χ3v) is 6.84. The molecule has 0 saturated heterocycles. The summed E-state index contributed by atoms with van der Waals surface area (Å²) in [6.07, 6.45) is -4.59. The van der Waals surface area contributed by atoms with E-state index in [2.05, 4.69) is 20.8 Å². The van der Waals surface area contributed by atoms with Gasteiger partial charge < -0.3 is 24.8 Å². The lowest BCUT2D eigenvalue weighted by molar-refractivity contribution is -0.137. The van der Waals surface area contributed by atoms with Gasteiger partial charge in [-0.1, -0.05) is 17.8 Å². The van der Waals surface area contributed by atoms with Crippen LogP contribution < -0.4 is 24.8 Å². The van der Waals surface area contributed by atoms with Crippen LogP contribution in [0.5, 0.6) is 17.2 Å². The number of anilines is 1. The number of benzene rings is 3. The Morgan fingerprint density at radius 3 is 2.29 bits per heavy atom. The Hall–Kier alpha value is -4.72. The van der Waals surface area contributed by atoms with Gasteiger partial charge in [-0.15, -0.1) is 10.2 Å². The second-order valence-corrected chi connectivity index (χ2v) is 9.54. The first kappa shape index (κ1) is 30.2. The van der Waals surface area contributed by atoms with Gasteiger partial charge in [0.25, 0.3) is 5.91 Å². The number of carbonyl (C=O) groups excluding carboxylic acids is 2. The van der Waals surface area contributed by atoms with E-state index in [4.69, 9.17) is 14.2 Å². The minimum absolute atomic E-state index is 0.114. The maximum Gasteiger partial charge on any atom is 0.416 e. The normalized spacial score (nSPS) is 11.1. The first-order valence-corrected chi connectivity index (χ1v) is 13.3. The molecule has 4 aromatic rings. The highest BCUT2D eigenvalue weighted by Crippen LogP contribution is 2.32. The third-order valence-electron chi connectivity index (χ3n) is 5.91. The van der Waals surface area contributed by atoms with E-state index in [1.165, 1.54) is 38.0 Å². The lowest BCUT2D eigenvalue weighted by atomic mass is 10.2. The van der Waals surface area contributed by atoms with Crippen LogP contribution in [0.4, 0.5) is 18.9 Å². The molecule has 10 nitrogen and oxygen atoms in total. The zero-order valence-electron chi connectivity index (χ0n) is 22.7. The molecule has 2 N–H and O–H groups in total. The van der Waals surface area contributed by atoms with Gasteiger partial charge in [0.15, 0.2) is 11.0 Å². The molecular weight excluding hydrogens is 575 g/mol. The number of thioether (sulfide) groups is 1. The average Bonchev–Trinajstić information content (AvgIpc) is 3.41. The molecule has 0 unspecified atom stereocenters. The van der Waals surface area contributed by atoms with E-state index in [1.807, 2.05) is 0 Å². The number of hydrogen-bond donors (Lipinski definition) is 2. The van der Waals surface area contributed by atoms with E-state index >= 15 is 0 Å². The van der Waals surface area contributed by atoms with E-state index in [0.29, 0.717) is 28.5 Å². The Morgan fingerprint density at radius 2 is 1.62 bits per heavy atom. The molecule has 0 spiro atoms. The summed E-state index contributed by atoms with van der Waals surface area (Å²) in [5, 5.41) is 13.8. The van der Waals surface area contributed by atoms with Gasteiger partial charge in [0.2, 0.25) is 5.91 Å². The van der Waals surface area contributed by atoms with Crippen molar-refractivity contribution in [3.63, 3.8) is 0 Å². The monoisotopic (exact) mass is 601 g/mol. The highest BCUT2D eigenvalue weighted by Gasteiger charge is 2.31. The van der Waals surface area contributed by atoms with E-state index in [9.17, 15) is 22.8 Å². The molecule has 42 heavy (non-hydrogen) atoms. The zero-order valence-corrected chi connectivity index (χ0v) is 23.5. The summed E-state index contributed by atoms with van der Waals surface area (Å²) < 4.78 is 57.4. The number of nitrogens with one attached hydrogen (secondary N) is 2. The Bertz CT molecular complexity index is 1560. The number of methoxy groups -OCH3 is 3. The van der Waals surface area contributed by atoms with Crippen molar-refractivity contribution < 1.29 is 37.0 Å². The number of rotatable bonds is 11. The lowest BCUT2D eigenvalue weighted by Crippen LogP contribution is -2.24. The van der Waals surface area contributed by atoms with Gasteiger partial charge in [0.1, 0.15) is 17.2 Å². The Morgan fingerprint density at radius 1 is 0.905 bits per heavy atom. The largest absolute Gasteiger partial charge is 0.497 e. The van der Waals surface area contributed by atoms with Crippen LogP contribution in [0.15, 0.2) is 71.9 Å². The van der Waals surface area contributed by atoms with Crippen LogP contribution >= 0.6 is 11.8 Å². The molecule has 3 aromatic carbocycles. The van der Waals surface area contributed by atoms with Crippen LogP contribution in [0.1, 0.15) is 21.7 Å². The first-order chi connectivity index (χ1) is 20.1. The van der Waals surface area contributed by atoms with Gasteiger partial charge in [-0.05, 0) is 54.6 Å². The summed E-state index contributed by atoms with van der Waals surface area (Å²) in [5.74, 6) is 0.664. The molecule has 220 valence electrons. The standard InChI is InChI=1S/C28H26F3N5O5S/c1-39-20-9-7-17(8-10-20)26(38)32-15-24-34-35-27(36(24)19-6-4-5-18(13-19)28(29,30)31)42-16-25(37)33-22-12-11-21(40-2)14-23(22)41-3/h4-14H,15-16H2,1-3H3,(H,32,38)(H,33,37). The number of ether oxygens (including phenoxy) is 3. The molecule has 2 amide bonds. The molecule has 0 radical (unpaired) electrons. The summed E-state index contributed by atoms with van der Waals surface area (Å²) >= 11 is 0.963. The van der Waals surface area contributed by atoms with Crippen LogP contribution in [0.3, 0.4) is 0 Å². The summed E-state index contributed by atoms with van der Waals surface area (Å²) in [7, 11) is 4.46. The number of hydrogen-bond acceptors (Lipinski definition) is 8. The number of amides is 2. The van der Waals surface area contributed by atoms with Gasteiger partial charge in [0, 0.05) is 11.6 Å². The zero-order chi connectivity index (χ0) is 30.3. The van der Waals surface area contributed by atoms with Crippen LogP contribution in [-0.2, 0) is 17.5 Å². The van der Waals surface area contributed by atoms with Gasteiger partial charge in [-0.3, -0.25) is 14.2 Å². The fourth-order valence-electron chi connectivity index (χ4n) is 3.81. The highest BCUT2D eigenvalue weighted by molar-refractivity contribution is 7.99. The first-order valence-electron chi connectivity index (χ1n) is 12.3. The molecule has 14 heteroatoms. The van der Waals surface area contributed by atoms with E-state index in [0.717, 1.165) is 23.9 Å². The molecule has 0 aliphatic rings. The molecule has 4 rings (SSSR count). The quantitative estimate of drug-likeness (QED) is 0.232. The minimum atomic E-state index is -4.59. The third kappa shape index (κ3) is 7.32. The Labute approximate surface area is 243 Å². The van der Waals surface area contributed by atoms with Gasteiger partial charge >= 0.3 is 6.18 Å². The fourth-order valence-corrected chi connectivity index (χ4v) is 4.58. The van der Waals surface area contributed by atoms with Crippen LogP contribution in [0.2, 0.25) is 0 Å². The minimum Gasteiger partial charge on any atom is -0.497 e. The van der Waals surface area contributed by atoms with Crippen LogP contribution in [-0.4, -0.2) is 53.7 Å². The van der Waals surface area contributed by atoms with Crippen molar-refractivity contribution in [2.75, 3.05) is 32.4 Å². The van der Waals surface area contributed by atoms with Crippen molar-refractivity contribution in [3.05, 3.63) is 83.7 Å². The maximum absolute atomic E-state index is 13.5. The average molecular weight is 602 g/mol. The number of nitrogens with zero attached hydrogens (tertiary/aromatic N) is 3. The number of aromatic nitrogens is 3. The Kier molecular flexibility index (Phi) is 9.57. The Balaban J connectivity index is 1.56. The molecule has 0 fully saturated rings. The molecule has 1 heterocycles. The topological polar surface area (TPSA) is 117 Å². The molecule has 1 aromatic heterocycles. The van der Waals surface area contributed by atoms with Crippen LogP contribution in [0.25, 0.3) is 5.69 Å². The molecule has 0 atom stereocenters. The predicted octanol–water partition coefficient (Wildman–Crippen LogP) is 4.97. The second-order valence-electron chi connectivity index (χ2n) is 8.60. The van der Waals surface area contributed by atoms with E-state index < -0.39 is 23.6 Å². The van der Waals surface area contributed by atoms with Crippen molar-refractivity contribution >= 4 is 29.3 Å². The molecule has 0 bridgehead atoms. The van der Waals surface area contributed by atoms with Gasteiger partial charge in [0.05, 0.1) is 50.6 Å². The maximum atomic E-state index is 13.5. The van der Waals surface area contributed by atoms with Crippen molar-refractivity contribution in [1.82, 2.24) is 20.1 Å². The van der Waals surface area contributed by atoms with Crippen molar-refractivity contribution in [3.8, 4) is 22.9 Å². The van der Waals surface area contributed by atoms with Crippen molar-refractivity contribution in [1.29, 1.82) is 0 Å². The molecule has 0 aliphatic heterocycles. The summed E-state index contributed by atoms with van der Waals surface area (Å²) in [4.78, 5) is 25.5. The predicted molar refractivity (Wildman–Crippen MR) is 149 cm³/mol. The molecule has 0 saturated carbocycles. The highest BCUT2D eigenvalue weighted by atomic mass is 32.2. The van der Waals surface area contributed by atoms with E-state index in [-0.39, 0.29) is 29.0 Å². The number of alkyl halides is 3. The number of carbonyl (C=O) groups is 2. The summed E-state index contributed by atoms with van der Waals surface area (Å²) in [6, 6.07) is 15.9. The van der Waals surface area contributed by atoms with Crippen LogP contribution in [0, 0.1) is 0 Å². The smallest absolute Gasteiger partial charge is 0.416 e. The number of halogens is 3. The summed E-state index contributed by atoms with van der Waals surface area (Å²) in [6.45, 7) is -0.149. The fraction of sp³-hybridized carbons (Fsp3) is 0.214. The van der Waals surface area contributed by atoms with Crippen molar-refractivity contribution in [2.45, 2.75) is 17.9 Å². The summed E-state index contributed by atoms with van der Waals surface area (Å²) in [5.41, 5.74) is -0.00296.